The first-order chi connectivity index (χ1) is 9.52. The molecule has 0 heterocycles. The van der Waals surface area contributed by atoms with Gasteiger partial charge in [-0.1, -0.05) is 43.3 Å². The van der Waals surface area contributed by atoms with Crippen LogP contribution < -0.4 is 0 Å². The predicted octanol–water partition coefficient (Wildman–Crippen LogP) is 3.05. The molecule has 4 heteroatoms. The van der Waals surface area contributed by atoms with Crippen molar-refractivity contribution < 1.29 is 19.4 Å². The molecule has 0 amide bonds. The number of hydrogen-bond donors (Lipinski definition) is 1. The van der Waals surface area contributed by atoms with Gasteiger partial charge in [-0.25, -0.2) is 9.59 Å². The Morgan fingerprint density at radius 3 is 2.50 bits per heavy atom. The molecule has 0 aromatic heterocycles. The number of ether oxygens (including phenoxy) is 1. The van der Waals surface area contributed by atoms with Crippen molar-refractivity contribution in [2.24, 2.45) is 0 Å². The summed E-state index contributed by atoms with van der Waals surface area (Å²) in [5.74, 6) is -1.81. The Balaban J connectivity index is 2.82. The number of hydrogen-bond acceptors (Lipinski definition) is 3. The van der Waals surface area contributed by atoms with Gasteiger partial charge in [0.25, 0.3) is 0 Å². The largest absolute Gasteiger partial charge is 0.478 e. The second-order valence-electron chi connectivity index (χ2n) is 4.30. The molecule has 0 saturated heterocycles. The lowest BCUT2D eigenvalue weighted by Gasteiger charge is -2.08. The minimum Gasteiger partial charge on any atom is -0.478 e. The maximum atomic E-state index is 11.5. The van der Waals surface area contributed by atoms with Crippen molar-refractivity contribution in [2.75, 3.05) is 0 Å². The third-order valence-corrected chi connectivity index (χ3v) is 2.67. The standard InChI is InChI=1S/C16H18O4/c1-3-12(2)20-15(17)11-14(16(18)19)10-9-13-7-5-4-6-8-13/h4-12H,3H2,1-2H3,(H,18,19)/b10-9+,14-11-. The van der Waals surface area contributed by atoms with E-state index >= 15 is 0 Å². The first-order valence-corrected chi connectivity index (χ1v) is 6.41. The minimum atomic E-state index is -1.17. The zero-order chi connectivity index (χ0) is 15.0. The molecule has 1 aromatic rings. The average molecular weight is 274 g/mol. The maximum Gasteiger partial charge on any atom is 0.335 e. The number of carboxylic acid groups (broad SMARTS) is 1. The highest BCUT2D eigenvalue weighted by Gasteiger charge is 2.10. The average Bonchev–Trinajstić information content (AvgIpc) is 2.44. The quantitative estimate of drug-likeness (QED) is 0.492. The summed E-state index contributed by atoms with van der Waals surface area (Å²) in [5, 5.41) is 9.06. The molecule has 1 N–H and O–H groups in total. The van der Waals surface area contributed by atoms with Gasteiger partial charge in [-0.3, -0.25) is 0 Å². The topological polar surface area (TPSA) is 63.6 Å². The molecule has 0 aliphatic rings. The van der Waals surface area contributed by atoms with E-state index in [1.807, 2.05) is 37.3 Å². The number of carboxylic acids is 1. The molecule has 0 fully saturated rings. The lowest BCUT2D eigenvalue weighted by atomic mass is 10.1. The number of benzene rings is 1. The summed E-state index contributed by atoms with van der Waals surface area (Å²) in [4.78, 5) is 22.6. The fourth-order valence-electron chi connectivity index (χ4n) is 1.37. The smallest absolute Gasteiger partial charge is 0.335 e. The predicted molar refractivity (Wildman–Crippen MR) is 77.0 cm³/mol. The van der Waals surface area contributed by atoms with Gasteiger partial charge in [0, 0.05) is 6.08 Å². The highest BCUT2D eigenvalue weighted by Crippen LogP contribution is 2.07. The van der Waals surface area contributed by atoms with Gasteiger partial charge in [0.1, 0.15) is 0 Å². The highest BCUT2D eigenvalue weighted by molar-refractivity contribution is 5.98. The Bertz CT molecular complexity index is 515. The molecule has 0 saturated carbocycles. The molecular formula is C16H18O4. The summed E-state index contributed by atoms with van der Waals surface area (Å²) in [6.45, 7) is 3.64. The summed E-state index contributed by atoms with van der Waals surface area (Å²) < 4.78 is 5.02. The Hall–Kier alpha value is -2.36. The Kier molecular flexibility index (Phi) is 6.23. The molecule has 0 aliphatic heterocycles. The number of rotatable bonds is 6. The molecule has 1 rings (SSSR count). The van der Waals surface area contributed by atoms with E-state index in [0.29, 0.717) is 6.42 Å². The molecule has 20 heavy (non-hydrogen) atoms. The van der Waals surface area contributed by atoms with Crippen molar-refractivity contribution in [3.8, 4) is 0 Å². The highest BCUT2D eigenvalue weighted by atomic mass is 16.5. The number of carbonyl (C=O) groups is 2. The molecule has 1 aromatic carbocycles. The third kappa shape index (κ3) is 5.52. The van der Waals surface area contributed by atoms with E-state index in [1.54, 1.807) is 13.0 Å². The summed E-state index contributed by atoms with van der Waals surface area (Å²) in [6, 6.07) is 9.25. The second-order valence-corrected chi connectivity index (χ2v) is 4.30. The van der Waals surface area contributed by atoms with Crippen LogP contribution in [0.1, 0.15) is 25.8 Å². The third-order valence-electron chi connectivity index (χ3n) is 2.67. The summed E-state index contributed by atoms with van der Waals surface area (Å²) >= 11 is 0. The van der Waals surface area contributed by atoms with Crippen molar-refractivity contribution in [1.29, 1.82) is 0 Å². The van der Waals surface area contributed by atoms with Crippen LogP contribution in [0.25, 0.3) is 6.08 Å². The van der Waals surface area contributed by atoms with Crippen molar-refractivity contribution in [3.63, 3.8) is 0 Å². The molecule has 1 atom stereocenters. The molecule has 0 aliphatic carbocycles. The van der Waals surface area contributed by atoms with E-state index in [2.05, 4.69) is 0 Å². The van der Waals surface area contributed by atoms with E-state index in [9.17, 15) is 9.59 Å². The van der Waals surface area contributed by atoms with Crippen molar-refractivity contribution in [1.82, 2.24) is 0 Å². The number of carbonyl (C=O) groups excluding carboxylic acids is 1. The van der Waals surface area contributed by atoms with E-state index in [0.717, 1.165) is 11.6 Å². The summed E-state index contributed by atoms with van der Waals surface area (Å²) in [7, 11) is 0. The number of aliphatic carboxylic acids is 1. The van der Waals surface area contributed by atoms with Crippen LogP contribution in [0.5, 0.6) is 0 Å². The lowest BCUT2D eigenvalue weighted by Crippen LogP contribution is -2.13. The summed E-state index contributed by atoms with van der Waals surface area (Å²) in [5.41, 5.74) is 0.747. The first-order valence-electron chi connectivity index (χ1n) is 6.41. The van der Waals surface area contributed by atoms with Crippen LogP contribution in [0.4, 0.5) is 0 Å². The van der Waals surface area contributed by atoms with Crippen LogP contribution in [-0.4, -0.2) is 23.1 Å². The molecule has 4 nitrogen and oxygen atoms in total. The van der Waals surface area contributed by atoms with Crippen LogP contribution >= 0.6 is 0 Å². The van der Waals surface area contributed by atoms with Crippen LogP contribution in [0.2, 0.25) is 0 Å². The molecule has 0 radical (unpaired) electrons. The first kappa shape index (κ1) is 15.7. The second kappa shape index (κ2) is 7.94. The van der Waals surface area contributed by atoms with Gasteiger partial charge in [-0.05, 0) is 25.0 Å². The molecule has 0 spiro atoms. The SMILES string of the molecule is CCC(C)OC(=O)/C=C(/C=C/c1ccccc1)C(=O)O. The van der Waals surface area contributed by atoms with Crippen molar-refractivity contribution >= 4 is 18.0 Å². The summed E-state index contributed by atoms with van der Waals surface area (Å²) in [6.07, 6.45) is 4.47. The fraction of sp³-hybridized carbons (Fsp3) is 0.250. The van der Waals surface area contributed by atoms with Crippen LogP contribution in [-0.2, 0) is 14.3 Å². The van der Waals surface area contributed by atoms with Gasteiger partial charge in [0.2, 0.25) is 0 Å². The molecule has 1 unspecified atom stereocenters. The molecular weight excluding hydrogens is 256 g/mol. The Morgan fingerprint density at radius 1 is 1.30 bits per heavy atom. The van der Waals surface area contributed by atoms with Crippen LogP contribution in [0.15, 0.2) is 48.1 Å². The van der Waals surface area contributed by atoms with Gasteiger partial charge in [-0.15, -0.1) is 0 Å². The molecule has 106 valence electrons. The maximum absolute atomic E-state index is 11.5. The van der Waals surface area contributed by atoms with Crippen molar-refractivity contribution in [2.45, 2.75) is 26.4 Å². The zero-order valence-corrected chi connectivity index (χ0v) is 11.6. The molecule has 0 bridgehead atoms. The van der Waals surface area contributed by atoms with E-state index in [-0.39, 0.29) is 11.7 Å². The van der Waals surface area contributed by atoms with Crippen molar-refractivity contribution in [3.05, 3.63) is 53.6 Å². The normalized spacial score (nSPS) is 13.2. The van der Waals surface area contributed by atoms with E-state index < -0.39 is 11.9 Å². The van der Waals surface area contributed by atoms with Gasteiger partial charge < -0.3 is 9.84 Å². The van der Waals surface area contributed by atoms with Crippen LogP contribution in [0, 0.1) is 0 Å². The minimum absolute atomic E-state index is 0.109. The monoisotopic (exact) mass is 274 g/mol. The van der Waals surface area contributed by atoms with Gasteiger partial charge >= 0.3 is 11.9 Å². The Labute approximate surface area is 118 Å². The Morgan fingerprint density at radius 2 is 1.95 bits per heavy atom. The number of esters is 1. The van der Waals surface area contributed by atoms with Gasteiger partial charge in [0.05, 0.1) is 11.7 Å². The lowest BCUT2D eigenvalue weighted by molar-refractivity contribution is -0.143. The van der Waals surface area contributed by atoms with E-state index in [1.165, 1.54) is 6.08 Å². The van der Waals surface area contributed by atoms with Crippen LogP contribution in [0.3, 0.4) is 0 Å². The van der Waals surface area contributed by atoms with Gasteiger partial charge in [0.15, 0.2) is 0 Å². The van der Waals surface area contributed by atoms with Gasteiger partial charge in [-0.2, -0.15) is 0 Å². The fourth-order valence-corrected chi connectivity index (χ4v) is 1.37. The van der Waals surface area contributed by atoms with E-state index in [4.69, 9.17) is 9.84 Å². The zero-order valence-electron chi connectivity index (χ0n) is 11.6.